The number of nitrogens with zero attached hydrogens (tertiary/aromatic N) is 2. The first-order valence-electron chi connectivity index (χ1n) is 5.13. The Balaban J connectivity index is 2.22. The zero-order valence-electron chi connectivity index (χ0n) is 9.45. The average Bonchev–Trinajstić information content (AvgIpc) is 2.27. The summed E-state index contributed by atoms with van der Waals surface area (Å²) < 4.78 is 0. The van der Waals surface area contributed by atoms with Crippen LogP contribution in [-0.2, 0) is 0 Å². The average molecular weight is 282 g/mol. The summed E-state index contributed by atoms with van der Waals surface area (Å²) in [7, 11) is 0. The molecule has 2 heterocycles. The topological polar surface area (TPSA) is 54.9 Å². The molecule has 0 atom stereocenters. The molecule has 0 aliphatic rings. The van der Waals surface area contributed by atoms with Crippen LogP contribution in [0, 0.1) is 6.92 Å². The van der Waals surface area contributed by atoms with Gasteiger partial charge in [-0.05, 0) is 31.2 Å². The zero-order valence-corrected chi connectivity index (χ0v) is 11.0. The Morgan fingerprint density at radius 2 is 2.00 bits per heavy atom. The van der Waals surface area contributed by atoms with Crippen molar-refractivity contribution in [2.75, 3.05) is 5.32 Å². The summed E-state index contributed by atoms with van der Waals surface area (Å²) in [6.45, 7) is 1.84. The van der Waals surface area contributed by atoms with E-state index in [2.05, 4.69) is 15.3 Å². The van der Waals surface area contributed by atoms with Gasteiger partial charge in [-0.25, -0.2) is 9.97 Å². The maximum atomic E-state index is 11.9. The van der Waals surface area contributed by atoms with E-state index in [-0.39, 0.29) is 10.8 Å². The molecule has 0 aliphatic heterocycles. The maximum absolute atomic E-state index is 11.9. The van der Waals surface area contributed by atoms with Crippen molar-refractivity contribution in [2.24, 2.45) is 0 Å². The fraction of sp³-hybridized carbons (Fsp3) is 0.0833. The third kappa shape index (κ3) is 3.18. The fourth-order valence-electron chi connectivity index (χ4n) is 1.38. The predicted molar refractivity (Wildman–Crippen MR) is 71.2 cm³/mol. The smallest absolute Gasteiger partial charge is 0.275 e. The van der Waals surface area contributed by atoms with E-state index in [1.54, 1.807) is 12.1 Å². The van der Waals surface area contributed by atoms with E-state index in [0.717, 1.165) is 5.69 Å². The molecule has 0 unspecified atom stereocenters. The van der Waals surface area contributed by atoms with Crippen molar-refractivity contribution in [1.82, 2.24) is 9.97 Å². The van der Waals surface area contributed by atoms with E-state index in [0.29, 0.717) is 10.8 Å². The number of aromatic nitrogens is 2. The van der Waals surface area contributed by atoms with E-state index in [9.17, 15) is 4.79 Å². The highest BCUT2D eigenvalue weighted by Crippen LogP contribution is 2.16. The number of aryl methyl sites for hydroxylation is 1. The molecule has 0 bridgehead atoms. The van der Waals surface area contributed by atoms with Gasteiger partial charge in [0.05, 0.1) is 0 Å². The van der Waals surface area contributed by atoms with E-state index >= 15 is 0 Å². The monoisotopic (exact) mass is 281 g/mol. The van der Waals surface area contributed by atoms with E-state index in [1.807, 2.05) is 13.0 Å². The molecule has 0 spiro atoms. The molecule has 1 N–H and O–H groups in total. The van der Waals surface area contributed by atoms with Crippen LogP contribution in [0.5, 0.6) is 0 Å². The molecule has 0 aliphatic carbocycles. The van der Waals surface area contributed by atoms with Gasteiger partial charge < -0.3 is 5.32 Å². The number of hydrogen-bond acceptors (Lipinski definition) is 3. The highest BCUT2D eigenvalue weighted by molar-refractivity contribution is 6.34. The van der Waals surface area contributed by atoms with Gasteiger partial charge in [-0.3, -0.25) is 4.79 Å². The molecule has 92 valence electrons. The summed E-state index contributed by atoms with van der Waals surface area (Å²) in [4.78, 5) is 20.0. The highest BCUT2D eigenvalue weighted by atomic mass is 35.5. The molecule has 6 heteroatoms. The van der Waals surface area contributed by atoms with Crippen molar-refractivity contribution in [1.29, 1.82) is 0 Å². The zero-order chi connectivity index (χ0) is 13.1. The largest absolute Gasteiger partial charge is 0.305 e. The molecule has 0 aromatic carbocycles. The van der Waals surface area contributed by atoms with Crippen molar-refractivity contribution in [3.05, 3.63) is 51.9 Å². The number of hydrogen-bond donors (Lipinski definition) is 1. The number of carbonyl (C=O) groups excluding carboxylic acids is 1. The number of halogens is 2. The van der Waals surface area contributed by atoms with Gasteiger partial charge in [-0.1, -0.05) is 29.3 Å². The summed E-state index contributed by atoms with van der Waals surface area (Å²) in [5, 5.41) is 3.15. The number of amides is 1. The first kappa shape index (κ1) is 12.8. The van der Waals surface area contributed by atoms with Crippen LogP contribution in [0.3, 0.4) is 0 Å². The van der Waals surface area contributed by atoms with E-state index < -0.39 is 5.91 Å². The fourth-order valence-corrected chi connectivity index (χ4v) is 1.85. The Morgan fingerprint density at radius 3 is 2.67 bits per heavy atom. The van der Waals surface area contributed by atoms with Crippen LogP contribution >= 0.6 is 23.2 Å². The number of rotatable bonds is 2. The lowest BCUT2D eigenvalue weighted by Gasteiger charge is -2.05. The summed E-state index contributed by atoms with van der Waals surface area (Å²) in [6, 6.07) is 8.24. The minimum Gasteiger partial charge on any atom is -0.305 e. The Kier molecular flexibility index (Phi) is 3.79. The molecule has 4 nitrogen and oxygen atoms in total. The summed E-state index contributed by atoms with van der Waals surface area (Å²) >= 11 is 11.5. The van der Waals surface area contributed by atoms with Crippen LogP contribution in [-0.4, -0.2) is 15.9 Å². The molecule has 18 heavy (non-hydrogen) atoms. The SMILES string of the molecule is Cc1cccc(NC(=O)c2cc(Cl)cc(Cl)n2)n1. The third-order valence-corrected chi connectivity index (χ3v) is 2.53. The molecule has 2 rings (SSSR count). The molecule has 0 fully saturated rings. The number of carbonyl (C=O) groups is 1. The minimum atomic E-state index is -0.405. The lowest BCUT2D eigenvalue weighted by atomic mass is 10.3. The Labute approximate surface area is 114 Å². The first-order valence-corrected chi connectivity index (χ1v) is 5.88. The molecule has 0 saturated heterocycles. The number of nitrogens with one attached hydrogen (secondary N) is 1. The van der Waals surface area contributed by atoms with E-state index in [1.165, 1.54) is 12.1 Å². The van der Waals surface area contributed by atoms with Gasteiger partial charge >= 0.3 is 0 Å². The first-order chi connectivity index (χ1) is 8.54. The van der Waals surface area contributed by atoms with Crippen molar-refractivity contribution >= 4 is 34.9 Å². The third-order valence-electron chi connectivity index (χ3n) is 2.12. The predicted octanol–water partition coefficient (Wildman–Crippen LogP) is 3.34. The Morgan fingerprint density at radius 1 is 1.22 bits per heavy atom. The molecule has 1 amide bonds. The lowest BCUT2D eigenvalue weighted by molar-refractivity contribution is 0.102. The number of pyridine rings is 2. The van der Waals surface area contributed by atoms with Crippen molar-refractivity contribution in [3.63, 3.8) is 0 Å². The van der Waals surface area contributed by atoms with Crippen molar-refractivity contribution < 1.29 is 4.79 Å². The van der Waals surface area contributed by atoms with Gasteiger partial charge in [0, 0.05) is 10.7 Å². The van der Waals surface area contributed by atoms with Crippen LogP contribution in [0.25, 0.3) is 0 Å². The van der Waals surface area contributed by atoms with Crippen molar-refractivity contribution in [2.45, 2.75) is 6.92 Å². The van der Waals surface area contributed by atoms with Crippen LogP contribution in [0.2, 0.25) is 10.2 Å². The minimum absolute atomic E-state index is 0.149. The standard InChI is InChI=1S/C12H9Cl2N3O/c1-7-3-2-4-11(15-7)17-12(18)9-5-8(13)6-10(14)16-9/h2-6H,1H3,(H,15,17,18). The van der Waals surface area contributed by atoms with Crippen LogP contribution < -0.4 is 5.32 Å². The Hall–Kier alpha value is -1.65. The van der Waals surface area contributed by atoms with Crippen LogP contribution in [0.1, 0.15) is 16.2 Å². The summed E-state index contributed by atoms with van der Waals surface area (Å²) in [6.07, 6.45) is 0. The van der Waals surface area contributed by atoms with Gasteiger partial charge in [0.25, 0.3) is 5.91 Å². The van der Waals surface area contributed by atoms with Crippen molar-refractivity contribution in [3.8, 4) is 0 Å². The second-order valence-corrected chi connectivity index (χ2v) is 4.44. The van der Waals surface area contributed by atoms with Crippen LogP contribution in [0.15, 0.2) is 30.3 Å². The second-order valence-electron chi connectivity index (χ2n) is 3.61. The Bertz CT molecular complexity index is 581. The van der Waals surface area contributed by atoms with Gasteiger partial charge in [0.2, 0.25) is 0 Å². The normalized spacial score (nSPS) is 10.2. The van der Waals surface area contributed by atoms with Gasteiger partial charge in [0.1, 0.15) is 16.7 Å². The molecule has 2 aromatic heterocycles. The molecular weight excluding hydrogens is 273 g/mol. The molecule has 0 radical (unpaired) electrons. The molecular formula is C12H9Cl2N3O. The molecule has 2 aromatic rings. The number of anilines is 1. The van der Waals surface area contributed by atoms with Crippen LogP contribution in [0.4, 0.5) is 5.82 Å². The maximum Gasteiger partial charge on any atom is 0.275 e. The van der Waals surface area contributed by atoms with Gasteiger partial charge in [-0.2, -0.15) is 0 Å². The highest BCUT2D eigenvalue weighted by Gasteiger charge is 2.10. The van der Waals surface area contributed by atoms with Gasteiger partial charge in [0.15, 0.2) is 0 Å². The quantitative estimate of drug-likeness (QED) is 0.859. The second kappa shape index (κ2) is 5.33. The summed E-state index contributed by atoms with van der Waals surface area (Å²) in [5.74, 6) is 0.0513. The summed E-state index contributed by atoms with van der Waals surface area (Å²) in [5.41, 5.74) is 0.959. The van der Waals surface area contributed by atoms with Gasteiger partial charge in [-0.15, -0.1) is 0 Å². The lowest BCUT2D eigenvalue weighted by Crippen LogP contribution is -2.14. The molecule has 0 saturated carbocycles. The van der Waals surface area contributed by atoms with E-state index in [4.69, 9.17) is 23.2 Å².